The monoisotopic (exact) mass is 368 g/mol. The van der Waals surface area contributed by atoms with Crippen molar-refractivity contribution in [3.8, 4) is 0 Å². The molecule has 3 fully saturated rings. The lowest BCUT2D eigenvalue weighted by molar-refractivity contribution is -0.0520. The lowest BCUT2D eigenvalue weighted by atomic mass is 9.77. The third kappa shape index (κ3) is 3.86. The highest BCUT2D eigenvalue weighted by molar-refractivity contribution is 6.31. The average Bonchev–Trinajstić information content (AvgIpc) is 2.98. The van der Waals surface area contributed by atoms with E-state index in [-0.39, 0.29) is 18.0 Å². The number of benzene rings is 1. The molecule has 0 aromatic heterocycles. The van der Waals surface area contributed by atoms with E-state index in [1.165, 1.54) is 12.1 Å². The number of rotatable bonds is 3. The molecule has 1 aliphatic carbocycles. The number of likely N-dealkylation sites (tertiary alicyclic amines) is 1. The zero-order chi connectivity index (χ0) is 17.4. The highest BCUT2D eigenvalue weighted by Crippen LogP contribution is 2.39. The first kappa shape index (κ1) is 17.7. The van der Waals surface area contributed by atoms with Crippen molar-refractivity contribution in [2.75, 3.05) is 39.4 Å². The van der Waals surface area contributed by atoms with Crippen LogP contribution in [0.25, 0.3) is 0 Å². The maximum atomic E-state index is 13.2. The minimum Gasteiger partial charge on any atom is -0.391 e. The molecule has 1 saturated carbocycles. The van der Waals surface area contributed by atoms with Gasteiger partial charge in [0.2, 0.25) is 0 Å². The first-order chi connectivity index (χ1) is 12.1. The van der Waals surface area contributed by atoms with Crippen molar-refractivity contribution in [1.29, 1.82) is 0 Å². The molecule has 3 aliphatic rings. The quantitative estimate of drug-likeness (QED) is 0.888. The number of halogens is 2. The van der Waals surface area contributed by atoms with Crippen molar-refractivity contribution < 1.29 is 14.2 Å². The molecule has 25 heavy (non-hydrogen) atoms. The molecule has 2 saturated heterocycles. The summed E-state index contributed by atoms with van der Waals surface area (Å²) >= 11 is 6.18. The Morgan fingerprint density at radius 2 is 1.88 bits per heavy atom. The summed E-state index contributed by atoms with van der Waals surface area (Å²) in [6.45, 7) is 6.17. The van der Waals surface area contributed by atoms with Gasteiger partial charge >= 0.3 is 0 Å². The van der Waals surface area contributed by atoms with Gasteiger partial charge in [-0.05, 0) is 42.4 Å². The molecular formula is C19H26ClFN2O2. The van der Waals surface area contributed by atoms with Crippen molar-refractivity contribution >= 4 is 11.6 Å². The number of nitrogens with zero attached hydrogens (tertiary/aromatic N) is 2. The molecule has 4 rings (SSSR count). The summed E-state index contributed by atoms with van der Waals surface area (Å²) in [7, 11) is 0. The van der Waals surface area contributed by atoms with Crippen LogP contribution in [0.2, 0.25) is 5.02 Å². The molecule has 0 unspecified atom stereocenters. The van der Waals surface area contributed by atoms with Crippen LogP contribution in [0.15, 0.2) is 18.2 Å². The van der Waals surface area contributed by atoms with Crippen molar-refractivity contribution in [2.24, 2.45) is 11.8 Å². The Labute approximate surface area is 153 Å². The van der Waals surface area contributed by atoms with E-state index < -0.39 is 0 Å². The lowest BCUT2D eigenvalue weighted by Crippen LogP contribution is -2.53. The van der Waals surface area contributed by atoms with Gasteiger partial charge in [0, 0.05) is 43.8 Å². The molecule has 0 bridgehead atoms. The zero-order valence-corrected chi connectivity index (χ0v) is 15.2. The molecule has 0 radical (unpaired) electrons. The fourth-order valence-corrected chi connectivity index (χ4v) is 5.05. The van der Waals surface area contributed by atoms with Crippen LogP contribution in [0, 0.1) is 17.7 Å². The fourth-order valence-electron chi connectivity index (χ4n) is 4.83. The summed E-state index contributed by atoms with van der Waals surface area (Å²) in [5, 5.41) is 11.2. The molecule has 0 spiro atoms. The highest BCUT2D eigenvalue weighted by atomic mass is 35.5. The Kier molecular flexibility index (Phi) is 5.30. The Morgan fingerprint density at radius 1 is 1.16 bits per heavy atom. The van der Waals surface area contributed by atoms with E-state index in [4.69, 9.17) is 16.3 Å². The molecule has 1 N–H and O–H groups in total. The largest absolute Gasteiger partial charge is 0.391 e. The van der Waals surface area contributed by atoms with Crippen LogP contribution in [0.5, 0.6) is 0 Å². The predicted molar refractivity (Wildman–Crippen MR) is 95.1 cm³/mol. The van der Waals surface area contributed by atoms with E-state index in [1.807, 2.05) is 0 Å². The van der Waals surface area contributed by atoms with Crippen LogP contribution in [-0.2, 0) is 11.3 Å². The average molecular weight is 369 g/mol. The summed E-state index contributed by atoms with van der Waals surface area (Å²) in [6.07, 6.45) is 1.69. The van der Waals surface area contributed by atoms with E-state index in [0.29, 0.717) is 16.9 Å². The third-order valence-electron chi connectivity index (χ3n) is 6.11. The zero-order valence-electron chi connectivity index (χ0n) is 14.4. The van der Waals surface area contributed by atoms with Crippen LogP contribution < -0.4 is 0 Å². The van der Waals surface area contributed by atoms with Gasteiger partial charge in [0.1, 0.15) is 5.82 Å². The number of aliphatic hydroxyl groups excluding tert-OH is 1. The van der Waals surface area contributed by atoms with Gasteiger partial charge in [0.25, 0.3) is 0 Å². The normalized spacial score (nSPS) is 34.2. The Morgan fingerprint density at radius 3 is 2.60 bits per heavy atom. The summed E-state index contributed by atoms with van der Waals surface area (Å²) in [6, 6.07) is 4.91. The molecule has 4 nitrogen and oxygen atoms in total. The van der Waals surface area contributed by atoms with Crippen LogP contribution in [0.3, 0.4) is 0 Å². The molecule has 1 aromatic carbocycles. The van der Waals surface area contributed by atoms with Gasteiger partial charge in [0.15, 0.2) is 0 Å². The topological polar surface area (TPSA) is 35.9 Å². The molecule has 4 atom stereocenters. The van der Waals surface area contributed by atoms with Crippen molar-refractivity contribution in [3.05, 3.63) is 34.6 Å². The van der Waals surface area contributed by atoms with E-state index >= 15 is 0 Å². The van der Waals surface area contributed by atoms with Crippen molar-refractivity contribution in [2.45, 2.75) is 31.5 Å². The summed E-state index contributed by atoms with van der Waals surface area (Å²) in [4.78, 5) is 4.81. The lowest BCUT2D eigenvalue weighted by Gasteiger charge is -2.43. The van der Waals surface area contributed by atoms with Gasteiger partial charge in [-0.2, -0.15) is 0 Å². The summed E-state index contributed by atoms with van der Waals surface area (Å²) < 4.78 is 18.7. The number of hydrogen-bond acceptors (Lipinski definition) is 4. The minimum absolute atomic E-state index is 0.242. The van der Waals surface area contributed by atoms with Crippen LogP contribution in [0.4, 0.5) is 4.39 Å². The third-order valence-corrected chi connectivity index (χ3v) is 6.46. The first-order valence-corrected chi connectivity index (χ1v) is 9.64. The van der Waals surface area contributed by atoms with Crippen LogP contribution in [-0.4, -0.2) is 66.4 Å². The Balaban J connectivity index is 1.39. The molecule has 0 amide bonds. The number of fused-ring (bicyclic) bond motifs is 1. The number of ether oxygens (including phenoxy) is 1. The van der Waals surface area contributed by atoms with Gasteiger partial charge in [-0.25, -0.2) is 4.39 Å². The van der Waals surface area contributed by atoms with Crippen molar-refractivity contribution in [1.82, 2.24) is 9.80 Å². The van der Waals surface area contributed by atoms with Gasteiger partial charge in [-0.15, -0.1) is 0 Å². The maximum absolute atomic E-state index is 13.2. The van der Waals surface area contributed by atoms with E-state index in [0.717, 1.165) is 64.3 Å². The highest BCUT2D eigenvalue weighted by Gasteiger charge is 2.43. The van der Waals surface area contributed by atoms with E-state index in [2.05, 4.69) is 9.80 Å². The molecule has 2 aliphatic heterocycles. The van der Waals surface area contributed by atoms with Gasteiger partial charge in [-0.3, -0.25) is 9.80 Å². The Bertz CT molecular complexity index is 611. The molecular weight excluding hydrogens is 343 g/mol. The van der Waals surface area contributed by atoms with Crippen LogP contribution >= 0.6 is 11.6 Å². The molecule has 1 aromatic rings. The standard InChI is InChI=1S/C19H26ClFN2O2/c20-17-9-16(21)2-1-13(17)10-22-11-14-7-18(19(24)8-15(14)12-22)23-3-5-25-6-4-23/h1-2,9,14-15,18-19,24H,3-8,10-12H2/t14-,15+,18-,19-/m1/s1. The maximum Gasteiger partial charge on any atom is 0.124 e. The predicted octanol–water partition coefficient (Wildman–Crippen LogP) is 2.38. The molecule has 2 heterocycles. The Hall–Kier alpha value is -0.720. The summed E-state index contributed by atoms with van der Waals surface area (Å²) in [5.74, 6) is 0.877. The van der Waals surface area contributed by atoms with E-state index in [9.17, 15) is 9.50 Å². The van der Waals surface area contributed by atoms with Gasteiger partial charge < -0.3 is 9.84 Å². The number of hydrogen-bond donors (Lipinski definition) is 1. The van der Waals surface area contributed by atoms with Gasteiger partial charge in [-0.1, -0.05) is 17.7 Å². The van der Waals surface area contributed by atoms with Crippen LogP contribution in [0.1, 0.15) is 18.4 Å². The molecule has 6 heteroatoms. The van der Waals surface area contributed by atoms with Crippen molar-refractivity contribution in [3.63, 3.8) is 0 Å². The second-order valence-electron chi connectivity index (χ2n) is 7.70. The number of morpholine rings is 1. The van der Waals surface area contributed by atoms with Gasteiger partial charge in [0.05, 0.1) is 19.3 Å². The number of aliphatic hydroxyl groups is 1. The fraction of sp³-hybridized carbons (Fsp3) is 0.684. The SMILES string of the molecule is O[C@@H]1C[C@H]2CN(Cc3ccc(F)cc3Cl)C[C@H]2C[C@H]1N1CCOCC1. The second kappa shape index (κ2) is 7.49. The smallest absolute Gasteiger partial charge is 0.124 e. The second-order valence-corrected chi connectivity index (χ2v) is 8.11. The molecule has 138 valence electrons. The minimum atomic E-state index is -0.291. The summed E-state index contributed by atoms with van der Waals surface area (Å²) in [5.41, 5.74) is 0.979. The first-order valence-electron chi connectivity index (χ1n) is 9.26. The van der Waals surface area contributed by atoms with E-state index in [1.54, 1.807) is 6.07 Å².